The minimum atomic E-state index is -3.61. The van der Waals surface area contributed by atoms with Gasteiger partial charge in [0.2, 0.25) is 10.0 Å². The lowest BCUT2D eigenvalue weighted by molar-refractivity contribution is 0.384. The summed E-state index contributed by atoms with van der Waals surface area (Å²) in [7, 11) is -1.68. The lowest BCUT2D eigenvalue weighted by Gasteiger charge is -2.25. The molecule has 1 saturated heterocycles. The van der Waals surface area contributed by atoms with Crippen LogP contribution in [-0.2, 0) is 17.1 Å². The molecule has 0 bridgehead atoms. The van der Waals surface area contributed by atoms with Gasteiger partial charge in [-0.1, -0.05) is 27.5 Å². The van der Waals surface area contributed by atoms with Gasteiger partial charge in [-0.15, -0.1) is 0 Å². The number of aryl methyl sites for hydroxylation is 1. The molecule has 22 heavy (non-hydrogen) atoms. The van der Waals surface area contributed by atoms with Gasteiger partial charge in [-0.2, -0.15) is 4.31 Å². The van der Waals surface area contributed by atoms with Gasteiger partial charge in [-0.25, -0.2) is 8.42 Å². The van der Waals surface area contributed by atoms with Gasteiger partial charge in [0.05, 0.1) is 11.1 Å². The van der Waals surface area contributed by atoms with Crippen LogP contribution < -0.4 is 0 Å². The molecule has 1 aromatic heterocycles. The van der Waals surface area contributed by atoms with Crippen molar-refractivity contribution in [3.8, 4) is 0 Å². The third kappa shape index (κ3) is 2.73. The molecular weight excluding hydrogens is 388 g/mol. The molecule has 1 aromatic carbocycles. The molecule has 1 fully saturated rings. The van der Waals surface area contributed by atoms with Crippen LogP contribution in [0.3, 0.4) is 0 Å². The van der Waals surface area contributed by atoms with Crippen molar-refractivity contribution in [1.82, 2.24) is 8.87 Å². The number of nitrogens with zero attached hydrogens (tertiary/aromatic N) is 2. The lowest BCUT2D eigenvalue weighted by atomic mass is 10.1. The molecule has 2 heterocycles. The summed E-state index contributed by atoms with van der Waals surface area (Å²) in [5.41, 5.74) is 1.01. The molecule has 0 N–H and O–H groups in total. The highest BCUT2D eigenvalue weighted by Gasteiger charge is 2.38. The Bertz CT molecular complexity index is 804. The third-order valence-corrected chi connectivity index (χ3v) is 6.89. The van der Waals surface area contributed by atoms with E-state index in [4.69, 9.17) is 11.6 Å². The minimum absolute atomic E-state index is 0.135. The van der Waals surface area contributed by atoms with E-state index in [1.54, 1.807) is 22.5 Å². The zero-order chi connectivity index (χ0) is 15.9. The third-order valence-electron chi connectivity index (χ3n) is 4.01. The highest BCUT2D eigenvalue weighted by atomic mass is 79.9. The van der Waals surface area contributed by atoms with E-state index >= 15 is 0 Å². The van der Waals surface area contributed by atoms with E-state index in [-0.39, 0.29) is 16.0 Å². The number of hydrogen-bond donors (Lipinski definition) is 0. The first-order chi connectivity index (χ1) is 10.4. The quantitative estimate of drug-likeness (QED) is 0.778. The van der Waals surface area contributed by atoms with Crippen molar-refractivity contribution in [2.24, 2.45) is 7.05 Å². The van der Waals surface area contributed by atoms with Crippen molar-refractivity contribution in [2.45, 2.75) is 23.8 Å². The Kier molecular flexibility index (Phi) is 4.38. The van der Waals surface area contributed by atoms with Crippen LogP contribution in [-0.4, -0.2) is 23.8 Å². The molecule has 0 unspecified atom stereocenters. The molecule has 2 aromatic rings. The van der Waals surface area contributed by atoms with Gasteiger partial charge in [0, 0.05) is 30.0 Å². The number of sulfonamides is 1. The Labute approximate surface area is 143 Å². The zero-order valence-corrected chi connectivity index (χ0v) is 15.2. The average Bonchev–Trinajstić information content (AvgIpc) is 3.06. The first-order valence-electron chi connectivity index (χ1n) is 6.99. The molecule has 118 valence electrons. The maximum absolute atomic E-state index is 13.0. The number of hydrogen-bond acceptors (Lipinski definition) is 2. The molecule has 0 amide bonds. The molecule has 0 radical (unpaired) electrons. The molecule has 1 aliphatic heterocycles. The number of aromatic nitrogens is 1. The second-order valence-corrected chi connectivity index (χ2v) is 8.57. The summed E-state index contributed by atoms with van der Waals surface area (Å²) < 4.78 is 30.3. The highest BCUT2D eigenvalue weighted by molar-refractivity contribution is 9.10. The largest absolute Gasteiger partial charge is 0.353 e. The molecule has 3 rings (SSSR count). The molecular formula is C15H16BrClN2O2S. The van der Waals surface area contributed by atoms with Crippen LogP contribution in [0.5, 0.6) is 0 Å². The molecule has 7 heteroatoms. The van der Waals surface area contributed by atoms with Crippen LogP contribution in [0, 0.1) is 0 Å². The van der Waals surface area contributed by atoms with E-state index in [9.17, 15) is 8.42 Å². The zero-order valence-electron chi connectivity index (χ0n) is 12.0. The summed E-state index contributed by atoms with van der Waals surface area (Å²) in [6.45, 7) is 0.518. The van der Waals surface area contributed by atoms with Gasteiger partial charge < -0.3 is 4.57 Å². The first-order valence-corrected chi connectivity index (χ1v) is 9.60. The van der Waals surface area contributed by atoms with Crippen molar-refractivity contribution >= 4 is 37.6 Å². The Balaban J connectivity index is 2.03. The van der Waals surface area contributed by atoms with Gasteiger partial charge in [0.25, 0.3) is 0 Å². The average molecular weight is 404 g/mol. The smallest absolute Gasteiger partial charge is 0.245 e. The van der Waals surface area contributed by atoms with Crippen LogP contribution in [0.2, 0.25) is 5.02 Å². The predicted octanol–water partition coefficient (Wildman–Crippen LogP) is 3.97. The molecule has 4 nitrogen and oxygen atoms in total. The van der Waals surface area contributed by atoms with E-state index in [1.165, 1.54) is 0 Å². The summed E-state index contributed by atoms with van der Waals surface area (Å²) in [6, 6.07) is 8.65. The SMILES string of the molecule is Cn1cccc1[C@H]1CCCN1S(=O)(=O)c1ccc(Br)cc1Cl. The monoisotopic (exact) mass is 402 g/mol. The van der Waals surface area contributed by atoms with E-state index < -0.39 is 10.0 Å². The van der Waals surface area contributed by atoms with Crippen LogP contribution in [0.25, 0.3) is 0 Å². The summed E-state index contributed by atoms with van der Waals surface area (Å²) in [6.07, 6.45) is 3.61. The second kappa shape index (κ2) is 6.00. The van der Waals surface area contributed by atoms with Crippen molar-refractivity contribution in [1.29, 1.82) is 0 Å². The van der Waals surface area contributed by atoms with E-state index in [2.05, 4.69) is 15.9 Å². The van der Waals surface area contributed by atoms with E-state index in [0.717, 1.165) is 23.0 Å². The van der Waals surface area contributed by atoms with Crippen molar-refractivity contribution in [3.63, 3.8) is 0 Å². The van der Waals surface area contributed by atoms with Gasteiger partial charge in [0.1, 0.15) is 4.90 Å². The normalized spacial score (nSPS) is 19.7. The predicted molar refractivity (Wildman–Crippen MR) is 90.4 cm³/mol. The molecule has 1 atom stereocenters. The highest BCUT2D eigenvalue weighted by Crippen LogP contribution is 2.38. The molecule has 0 aliphatic carbocycles. The van der Waals surface area contributed by atoms with Gasteiger partial charge in [0.15, 0.2) is 0 Å². The summed E-state index contributed by atoms with van der Waals surface area (Å²) in [5.74, 6) is 0. The number of halogens is 2. The van der Waals surface area contributed by atoms with Crippen molar-refractivity contribution in [3.05, 3.63) is 51.7 Å². The fourth-order valence-corrected chi connectivity index (χ4v) is 5.64. The summed E-state index contributed by atoms with van der Waals surface area (Å²) in [4.78, 5) is 0.165. The van der Waals surface area contributed by atoms with Crippen LogP contribution in [0.15, 0.2) is 45.9 Å². The maximum Gasteiger partial charge on any atom is 0.245 e. The van der Waals surface area contributed by atoms with Gasteiger partial charge in [-0.05, 0) is 43.2 Å². The van der Waals surface area contributed by atoms with Crippen LogP contribution in [0.1, 0.15) is 24.6 Å². The summed E-state index contributed by atoms with van der Waals surface area (Å²) in [5, 5.41) is 0.243. The Morgan fingerprint density at radius 2 is 2.09 bits per heavy atom. The Hall–Kier alpha value is -0.820. The number of benzene rings is 1. The second-order valence-electron chi connectivity index (χ2n) is 5.39. The van der Waals surface area contributed by atoms with E-state index in [0.29, 0.717) is 6.54 Å². The maximum atomic E-state index is 13.0. The van der Waals surface area contributed by atoms with Gasteiger partial charge in [-0.3, -0.25) is 0 Å². The minimum Gasteiger partial charge on any atom is -0.353 e. The lowest BCUT2D eigenvalue weighted by Crippen LogP contribution is -2.31. The number of rotatable bonds is 3. The summed E-state index contributed by atoms with van der Waals surface area (Å²) >= 11 is 9.46. The van der Waals surface area contributed by atoms with Crippen LogP contribution >= 0.6 is 27.5 Å². The first kappa shape index (κ1) is 16.1. The standard InChI is InChI=1S/C15H16BrClN2O2S/c1-18-8-2-4-13(18)14-5-3-9-19(14)22(20,21)15-7-6-11(16)10-12(15)17/h2,4,6-8,10,14H,3,5,9H2,1H3/t14-/m1/s1. The van der Waals surface area contributed by atoms with Crippen molar-refractivity contribution in [2.75, 3.05) is 6.54 Å². The fraction of sp³-hybridized carbons (Fsp3) is 0.333. The Morgan fingerprint density at radius 1 is 1.32 bits per heavy atom. The molecule has 0 saturated carbocycles. The van der Waals surface area contributed by atoms with Crippen molar-refractivity contribution < 1.29 is 8.42 Å². The van der Waals surface area contributed by atoms with Gasteiger partial charge >= 0.3 is 0 Å². The van der Waals surface area contributed by atoms with Crippen LogP contribution in [0.4, 0.5) is 0 Å². The topological polar surface area (TPSA) is 42.3 Å². The van der Waals surface area contributed by atoms with E-state index in [1.807, 2.05) is 29.9 Å². The fourth-order valence-electron chi connectivity index (χ4n) is 2.95. The Morgan fingerprint density at radius 3 is 2.73 bits per heavy atom. The molecule has 0 spiro atoms. The molecule has 1 aliphatic rings.